The molecule has 2 aromatic carbocycles. The lowest BCUT2D eigenvalue weighted by atomic mass is 9.93. The van der Waals surface area contributed by atoms with E-state index in [0.717, 1.165) is 6.42 Å². The summed E-state index contributed by atoms with van der Waals surface area (Å²) in [5, 5.41) is 11.0. The Kier molecular flexibility index (Phi) is 8.17. The number of aromatic amines is 1. The summed E-state index contributed by atoms with van der Waals surface area (Å²) in [4.78, 5) is 5.25. The third-order valence-corrected chi connectivity index (χ3v) is 7.99. The number of fused-ring (bicyclic) bond motifs is 5. The van der Waals surface area contributed by atoms with Gasteiger partial charge in [-0.25, -0.2) is 0 Å². The zero-order chi connectivity index (χ0) is 24.8. The number of rotatable bonds is 1. The van der Waals surface area contributed by atoms with Crippen LogP contribution in [0, 0.1) is 12.3 Å². The smallest absolute Gasteiger partial charge is 0.0469 e. The van der Waals surface area contributed by atoms with Crippen molar-refractivity contribution in [3.8, 4) is 0 Å². The lowest BCUT2D eigenvalue weighted by Gasteiger charge is -2.11. The van der Waals surface area contributed by atoms with E-state index in [9.17, 15) is 0 Å². The lowest BCUT2D eigenvalue weighted by molar-refractivity contribution is 0.700. The second kappa shape index (κ2) is 11.5. The molecule has 6 rings (SSSR count). The van der Waals surface area contributed by atoms with Gasteiger partial charge >= 0.3 is 0 Å². The number of nitrogens with one attached hydrogen (secondary N) is 2. The lowest BCUT2D eigenvalue weighted by Crippen LogP contribution is -2.23. The van der Waals surface area contributed by atoms with Crippen molar-refractivity contribution in [2.45, 2.75) is 52.0 Å². The summed E-state index contributed by atoms with van der Waals surface area (Å²) in [7, 11) is 0. The van der Waals surface area contributed by atoms with Gasteiger partial charge in [0.05, 0.1) is 0 Å². The van der Waals surface area contributed by atoms with Crippen molar-refractivity contribution >= 4 is 51.2 Å². The van der Waals surface area contributed by atoms with Gasteiger partial charge in [0, 0.05) is 43.2 Å². The first-order chi connectivity index (χ1) is 17.2. The van der Waals surface area contributed by atoms with Gasteiger partial charge in [-0.15, -0.1) is 11.3 Å². The number of hydrogen-bond donors (Lipinski definition) is 3. The molecule has 1 unspecified atom stereocenters. The predicted octanol–water partition coefficient (Wildman–Crippen LogP) is 6.29. The monoisotopic (exact) mass is 481 g/mol. The van der Waals surface area contributed by atoms with Crippen molar-refractivity contribution in [2.75, 3.05) is 0 Å². The molecule has 3 nitrogen and oxygen atoms in total. The second-order valence-electron chi connectivity index (χ2n) is 9.01. The van der Waals surface area contributed by atoms with E-state index in [1.54, 1.807) is 10.4 Å². The molecule has 0 radical (unpaired) electrons. The average Bonchev–Trinajstić information content (AvgIpc) is 3.43. The molecule has 180 valence electrons. The molecule has 4 heteroatoms. The zero-order valence-corrected chi connectivity index (χ0v) is 21.6. The molecule has 35 heavy (non-hydrogen) atoms. The molecule has 1 atom stereocenters. The standard InChI is InChI=1S/C24H23NS.C6H9N.CH3N/c1-3-16-8-4-5-9-17(16)14-19-15(2)25-20-12-13-22-24(23(19)20)18-10-6-7-11-21(18)26-22;7-6-4-2-1-3-5-6;1-2/h3-5,8-9,12-14,25H,6-7,10-11H2,1-2H3;1-4,6H,5,7H2;2H,1H2/b16-3?,17-14-;;. The number of aryl methyl sites for hydroxylation is 3. The number of H-pyrrole nitrogens is 1. The van der Waals surface area contributed by atoms with Gasteiger partial charge in [-0.05, 0) is 86.9 Å². The molecule has 0 amide bonds. The predicted molar refractivity (Wildman–Crippen MR) is 155 cm³/mol. The minimum absolute atomic E-state index is 0.269. The summed E-state index contributed by atoms with van der Waals surface area (Å²) in [5.41, 5.74) is 11.0. The van der Waals surface area contributed by atoms with Gasteiger partial charge in [0.2, 0.25) is 0 Å². The van der Waals surface area contributed by atoms with Crippen molar-refractivity contribution < 1.29 is 0 Å². The zero-order valence-electron chi connectivity index (χ0n) is 20.7. The van der Waals surface area contributed by atoms with Crippen molar-refractivity contribution in [1.82, 2.24) is 4.98 Å². The Balaban J connectivity index is 0.000000275. The first-order valence-corrected chi connectivity index (χ1v) is 13.2. The van der Waals surface area contributed by atoms with Crippen LogP contribution in [0.1, 0.15) is 47.9 Å². The highest BCUT2D eigenvalue weighted by Crippen LogP contribution is 2.41. The van der Waals surface area contributed by atoms with Crippen LogP contribution in [-0.2, 0) is 12.8 Å². The molecular weight excluding hydrogens is 446 g/mol. The van der Waals surface area contributed by atoms with E-state index in [4.69, 9.17) is 11.1 Å². The molecule has 0 aliphatic heterocycles. The average molecular weight is 482 g/mol. The minimum Gasteiger partial charge on any atom is -0.358 e. The Morgan fingerprint density at radius 2 is 1.80 bits per heavy atom. The Hall–Kier alpha value is -3.21. The van der Waals surface area contributed by atoms with Crippen LogP contribution in [0.2, 0.25) is 0 Å². The Labute approximate surface area is 211 Å². The third kappa shape index (κ3) is 5.24. The Bertz CT molecular complexity index is 1500. The van der Waals surface area contributed by atoms with E-state index in [1.807, 2.05) is 29.6 Å². The molecule has 2 aliphatic carbocycles. The first-order valence-electron chi connectivity index (χ1n) is 12.4. The van der Waals surface area contributed by atoms with E-state index in [1.165, 1.54) is 68.4 Å². The van der Waals surface area contributed by atoms with Crippen molar-refractivity contribution in [2.24, 2.45) is 5.73 Å². The number of hydrogen-bond acceptors (Lipinski definition) is 3. The highest BCUT2D eigenvalue weighted by molar-refractivity contribution is 7.19. The van der Waals surface area contributed by atoms with Crippen molar-refractivity contribution in [3.63, 3.8) is 0 Å². The van der Waals surface area contributed by atoms with Gasteiger partial charge in [0.15, 0.2) is 0 Å². The van der Waals surface area contributed by atoms with Crippen LogP contribution >= 0.6 is 11.3 Å². The maximum Gasteiger partial charge on any atom is 0.0469 e. The second-order valence-corrected chi connectivity index (χ2v) is 10.1. The van der Waals surface area contributed by atoms with Gasteiger partial charge in [0.1, 0.15) is 0 Å². The number of allylic oxidation sites excluding steroid dienone is 2. The Morgan fingerprint density at radius 3 is 2.49 bits per heavy atom. The normalized spacial score (nSPS) is 17.6. The van der Waals surface area contributed by atoms with Crippen LogP contribution in [0.25, 0.3) is 33.1 Å². The first kappa shape index (κ1) is 24.9. The van der Waals surface area contributed by atoms with E-state index in [2.05, 4.69) is 80.2 Å². The van der Waals surface area contributed by atoms with Crippen LogP contribution in [0.15, 0.2) is 60.7 Å². The van der Waals surface area contributed by atoms with E-state index in [-0.39, 0.29) is 6.04 Å². The van der Waals surface area contributed by atoms with E-state index < -0.39 is 0 Å². The van der Waals surface area contributed by atoms with Crippen LogP contribution < -0.4 is 16.2 Å². The number of aromatic nitrogens is 1. The highest BCUT2D eigenvalue weighted by Gasteiger charge is 2.20. The molecule has 2 aliphatic rings. The van der Waals surface area contributed by atoms with E-state index >= 15 is 0 Å². The summed E-state index contributed by atoms with van der Waals surface area (Å²) in [6.45, 7) is 6.82. The molecule has 0 saturated heterocycles. The van der Waals surface area contributed by atoms with Crippen LogP contribution in [-0.4, -0.2) is 17.7 Å². The molecule has 0 bridgehead atoms. The van der Waals surface area contributed by atoms with Gasteiger partial charge in [-0.1, -0.05) is 54.6 Å². The molecule has 0 saturated carbocycles. The molecule has 0 spiro atoms. The number of benzene rings is 2. The number of thiophene rings is 1. The highest BCUT2D eigenvalue weighted by atomic mass is 32.1. The van der Waals surface area contributed by atoms with Gasteiger partial charge in [-0.3, -0.25) is 0 Å². The van der Waals surface area contributed by atoms with Crippen LogP contribution in [0.5, 0.6) is 0 Å². The third-order valence-electron chi connectivity index (χ3n) is 6.74. The van der Waals surface area contributed by atoms with Gasteiger partial charge < -0.3 is 16.1 Å². The molecular formula is C31H35N3S. The molecule has 4 N–H and O–H groups in total. The molecule has 4 aromatic rings. The quantitative estimate of drug-likeness (QED) is 0.275. The van der Waals surface area contributed by atoms with Crippen LogP contribution in [0.4, 0.5) is 0 Å². The number of nitrogens with two attached hydrogens (primary N) is 1. The van der Waals surface area contributed by atoms with E-state index in [0.29, 0.717) is 0 Å². The van der Waals surface area contributed by atoms with Crippen molar-refractivity contribution in [1.29, 1.82) is 5.41 Å². The fourth-order valence-electron chi connectivity index (χ4n) is 5.04. The van der Waals surface area contributed by atoms with Gasteiger partial charge in [0.25, 0.3) is 0 Å². The SMILES string of the molecule is C=N.CC=c1cccc/c1=C/c1c(C)[nH]c2ccc3sc4c(c3c12)CCCC4.NC1C=CC=CC1. The summed E-state index contributed by atoms with van der Waals surface area (Å²) in [5.74, 6) is 0. The van der Waals surface area contributed by atoms with Gasteiger partial charge in [-0.2, -0.15) is 0 Å². The fraction of sp³-hybridized carbons (Fsp3) is 0.258. The molecule has 2 aromatic heterocycles. The maximum atomic E-state index is 5.50. The summed E-state index contributed by atoms with van der Waals surface area (Å²) in [6, 6.07) is 13.5. The Morgan fingerprint density at radius 1 is 1.03 bits per heavy atom. The largest absolute Gasteiger partial charge is 0.358 e. The summed E-state index contributed by atoms with van der Waals surface area (Å²) >= 11 is 2.01. The van der Waals surface area contributed by atoms with Crippen LogP contribution in [0.3, 0.4) is 0 Å². The summed E-state index contributed by atoms with van der Waals surface area (Å²) < 4.78 is 1.45. The fourth-order valence-corrected chi connectivity index (χ4v) is 6.34. The minimum atomic E-state index is 0.269. The molecule has 2 heterocycles. The maximum absolute atomic E-state index is 5.50. The molecule has 0 fully saturated rings. The summed E-state index contributed by atoms with van der Waals surface area (Å²) in [6.07, 6.45) is 18.8. The van der Waals surface area contributed by atoms with Crippen molar-refractivity contribution in [3.05, 3.63) is 92.8 Å². The topological polar surface area (TPSA) is 65.7 Å².